The number of nitrogens with zero attached hydrogens (tertiary/aromatic N) is 5. The van der Waals surface area contributed by atoms with E-state index in [0.717, 1.165) is 28.1 Å². The third kappa shape index (κ3) is 5.86. The molecule has 4 rings (SSSR count). The van der Waals surface area contributed by atoms with Gasteiger partial charge in [0.05, 0.1) is 18.5 Å². The van der Waals surface area contributed by atoms with Gasteiger partial charge in [0.15, 0.2) is 5.17 Å². The summed E-state index contributed by atoms with van der Waals surface area (Å²) in [6, 6.07) is 19.8. The lowest BCUT2D eigenvalue weighted by Gasteiger charge is -2.10. The smallest absolute Gasteiger partial charge is 0.263 e. The molecule has 1 saturated heterocycles. The van der Waals surface area contributed by atoms with Crippen LogP contribution in [-0.2, 0) is 22.7 Å². The molecule has 8 nitrogen and oxygen atoms in total. The quantitative estimate of drug-likeness (QED) is 0.491. The molecule has 0 saturated carbocycles. The second-order valence-electron chi connectivity index (χ2n) is 8.20. The van der Waals surface area contributed by atoms with Gasteiger partial charge in [-0.3, -0.25) is 19.3 Å². The molecule has 2 aromatic carbocycles. The predicted molar refractivity (Wildman–Crippen MR) is 139 cm³/mol. The van der Waals surface area contributed by atoms with Crippen LogP contribution in [0.3, 0.4) is 0 Å². The highest BCUT2D eigenvalue weighted by atomic mass is 32.2. The first kappa shape index (κ1) is 24.4. The van der Waals surface area contributed by atoms with Gasteiger partial charge in [0, 0.05) is 31.3 Å². The number of thioether (sulfide) groups is 1. The zero-order valence-corrected chi connectivity index (χ0v) is 20.8. The second kappa shape index (κ2) is 11.1. The van der Waals surface area contributed by atoms with Gasteiger partial charge in [-0.05, 0) is 25.0 Å². The van der Waals surface area contributed by atoms with E-state index in [4.69, 9.17) is 0 Å². The third-order valence-corrected chi connectivity index (χ3v) is 6.94. The van der Waals surface area contributed by atoms with Gasteiger partial charge in [0.1, 0.15) is 5.25 Å². The van der Waals surface area contributed by atoms with Crippen molar-refractivity contribution in [3.63, 3.8) is 0 Å². The van der Waals surface area contributed by atoms with E-state index in [1.165, 1.54) is 16.8 Å². The maximum Gasteiger partial charge on any atom is 0.263 e. The molecule has 1 atom stereocenters. The van der Waals surface area contributed by atoms with Crippen LogP contribution in [0.1, 0.15) is 34.5 Å². The number of hydrazone groups is 1. The topological polar surface area (TPSA) is 91.9 Å². The summed E-state index contributed by atoms with van der Waals surface area (Å²) in [7, 11) is 1.62. The van der Waals surface area contributed by atoms with Crippen molar-refractivity contribution >= 4 is 35.0 Å². The normalized spacial score (nSPS) is 17.0. The van der Waals surface area contributed by atoms with Gasteiger partial charge in [-0.2, -0.15) is 15.2 Å². The van der Waals surface area contributed by atoms with Crippen molar-refractivity contribution in [2.24, 2.45) is 10.1 Å². The molecule has 0 bridgehead atoms. The van der Waals surface area contributed by atoms with E-state index in [-0.39, 0.29) is 18.2 Å². The van der Waals surface area contributed by atoms with Gasteiger partial charge >= 0.3 is 0 Å². The second-order valence-corrected chi connectivity index (χ2v) is 9.37. The summed E-state index contributed by atoms with van der Waals surface area (Å²) in [5, 5.41) is 13.2. The van der Waals surface area contributed by atoms with E-state index in [9.17, 15) is 9.59 Å². The summed E-state index contributed by atoms with van der Waals surface area (Å²) in [5.41, 5.74) is 4.81. The number of aliphatic imine (C=N–C) groups is 1. The van der Waals surface area contributed by atoms with Crippen LogP contribution in [0.4, 0.5) is 0 Å². The summed E-state index contributed by atoms with van der Waals surface area (Å²) in [6.07, 6.45) is 1.72. The van der Waals surface area contributed by atoms with Gasteiger partial charge in [0.2, 0.25) is 5.91 Å². The Hall–Kier alpha value is -3.72. The number of carbonyl (C=O) groups is 2. The van der Waals surface area contributed by atoms with Crippen LogP contribution in [-0.4, -0.2) is 50.3 Å². The van der Waals surface area contributed by atoms with E-state index in [0.29, 0.717) is 18.3 Å². The molecule has 1 aliphatic heterocycles. The molecular formula is C26H28N6O2S. The number of amides is 2. The monoisotopic (exact) mass is 488 g/mol. The molecule has 0 unspecified atom stereocenters. The molecule has 0 spiro atoms. The first-order chi connectivity index (χ1) is 17.0. The Labute approximate surface area is 209 Å². The zero-order chi connectivity index (χ0) is 24.8. The number of aromatic nitrogens is 2. The van der Waals surface area contributed by atoms with Crippen molar-refractivity contribution in [2.75, 3.05) is 7.05 Å². The number of nitrogens with one attached hydrogen (secondary N) is 1. The molecule has 1 aromatic heterocycles. The summed E-state index contributed by atoms with van der Waals surface area (Å²) in [5.74, 6) is -0.441. The summed E-state index contributed by atoms with van der Waals surface area (Å²) in [4.78, 5) is 29.7. The van der Waals surface area contributed by atoms with E-state index in [1.54, 1.807) is 13.3 Å². The minimum Gasteiger partial charge on any atom is -0.352 e. The first-order valence-corrected chi connectivity index (χ1v) is 12.2. The van der Waals surface area contributed by atoms with Crippen LogP contribution >= 0.6 is 11.8 Å². The van der Waals surface area contributed by atoms with Crippen molar-refractivity contribution in [1.29, 1.82) is 0 Å². The molecule has 1 aliphatic rings. The van der Waals surface area contributed by atoms with Gasteiger partial charge in [-0.15, -0.1) is 0 Å². The largest absolute Gasteiger partial charge is 0.352 e. The molecule has 2 amide bonds. The van der Waals surface area contributed by atoms with Crippen LogP contribution in [0.15, 0.2) is 70.8 Å². The Kier molecular flexibility index (Phi) is 7.77. The molecule has 1 N–H and O–H groups in total. The minimum absolute atomic E-state index is 0.0639. The molecule has 1 fully saturated rings. The lowest BCUT2D eigenvalue weighted by molar-refractivity contribution is -0.129. The molecule has 9 heteroatoms. The van der Waals surface area contributed by atoms with Crippen molar-refractivity contribution < 1.29 is 9.59 Å². The molecule has 0 aliphatic carbocycles. The molecule has 35 heavy (non-hydrogen) atoms. The number of hydrogen-bond donors (Lipinski definition) is 1. The van der Waals surface area contributed by atoms with Crippen LogP contribution in [0.5, 0.6) is 0 Å². The predicted octanol–water partition coefficient (Wildman–Crippen LogP) is 3.52. The number of benzene rings is 2. The van der Waals surface area contributed by atoms with Crippen LogP contribution in [0, 0.1) is 13.8 Å². The van der Waals surface area contributed by atoms with Gasteiger partial charge < -0.3 is 5.32 Å². The average molecular weight is 489 g/mol. The highest BCUT2D eigenvalue weighted by Crippen LogP contribution is 2.30. The molecule has 2 heterocycles. The van der Waals surface area contributed by atoms with Crippen molar-refractivity contribution in [3.8, 4) is 0 Å². The number of hydrogen-bond acceptors (Lipinski definition) is 6. The highest BCUT2D eigenvalue weighted by Gasteiger charge is 2.39. The van der Waals surface area contributed by atoms with Crippen LogP contribution in [0.25, 0.3) is 0 Å². The van der Waals surface area contributed by atoms with Crippen molar-refractivity contribution in [3.05, 3.63) is 88.7 Å². The lowest BCUT2D eigenvalue weighted by atomic mass is 10.2. The fourth-order valence-corrected chi connectivity index (χ4v) is 4.83. The highest BCUT2D eigenvalue weighted by molar-refractivity contribution is 8.15. The van der Waals surface area contributed by atoms with E-state index < -0.39 is 5.25 Å². The standard InChI is InChI=1S/C26H28N6O2S/c1-18-22(19(2)31(30-18)17-21-12-8-5-9-13-21)16-29-32-25(34)23(35-26(32)27-3)14-24(33)28-15-20-10-6-4-7-11-20/h4-13,16,23H,14-15,17H2,1-3H3,(H,28,33)/t23-/m1/s1. The maximum atomic E-state index is 13.0. The van der Waals surface area contributed by atoms with Gasteiger partial charge in [-0.25, -0.2) is 0 Å². The number of amidine groups is 1. The van der Waals surface area contributed by atoms with E-state index in [1.807, 2.05) is 67.1 Å². The summed E-state index contributed by atoms with van der Waals surface area (Å²) >= 11 is 1.26. The number of rotatable bonds is 8. The first-order valence-electron chi connectivity index (χ1n) is 11.4. The Bertz CT molecular complexity index is 1250. The average Bonchev–Trinajstić information content (AvgIpc) is 3.31. The minimum atomic E-state index is -0.565. The number of carbonyl (C=O) groups excluding carboxylic acids is 2. The Morgan fingerprint density at radius 3 is 2.40 bits per heavy atom. The Morgan fingerprint density at radius 2 is 1.74 bits per heavy atom. The summed E-state index contributed by atoms with van der Waals surface area (Å²) < 4.78 is 1.93. The fraction of sp³-hybridized carbons (Fsp3) is 0.269. The van der Waals surface area contributed by atoms with E-state index in [2.05, 4.69) is 32.6 Å². The van der Waals surface area contributed by atoms with Crippen LogP contribution in [0.2, 0.25) is 0 Å². The van der Waals surface area contributed by atoms with Crippen LogP contribution < -0.4 is 5.32 Å². The molecular weight excluding hydrogens is 460 g/mol. The van der Waals surface area contributed by atoms with Crippen molar-refractivity contribution in [2.45, 2.75) is 38.6 Å². The molecule has 180 valence electrons. The molecule has 3 aromatic rings. The summed E-state index contributed by atoms with van der Waals surface area (Å²) in [6.45, 7) is 4.99. The molecule has 0 radical (unpaired) electrons. The fourth-order valence-electron chi connectivity index (χ4n) is 3.80. The number of aryl methyl sites for hydroxylation is 1. The van der Waals surface area contributed by atoms with Gasteiger partial charge in [-0.1, -0.05) is 72.4 Å². The lowest BCUT2D eigenvalue weighted by Crippen LogP contribution is -2.32. The SMILES string of the molecule is CN=C1S[C@H](CC(=O)NCc2ccccc2)C(=O)N1N=Cc1c(C)nn(Cc2ccccc2)c1C. The Morgan fingerprint density at radius 1 is 1.09 bits per heavy atom. The van der Waals surface area contributed by atoms with Crippen molar-refractivity contribution in [1.82, 2.24) is 20.1 Å². The zero-order valence-electron chi connectivity index (χ0n) is 20.0. The van der Waals surface area contributed by atoms with E-state index >= 15 is 0 Å². The Balaban J connectivity index is 1.42. The maximum absolute atomic E-state index is 13.0. The van der Waals surface area contributed by atoms with Gasteiger partial charge in [0.25, 0.3) is 5.91 Å². The third-order valence-electron chi connectivity index (χ3n) is 5.72.